The minimum absolute atomic E-state index is 0.0539. The predicted octanol–water partition coefficient (Wildman–Crippen LogP) is 3.53. The van der Waals surface area contributed by atoms with Gasteiger partial charge in [-0.3, -0.25) is 0 Å². The number of allylic oxidation sites excluding steroid dienone is 2. The molecule has 0 bridgehead atoms. The van der Waals surface area contributed by atoms with Crippen molar-refractivity contribution in [3.63, 3.8) is 0 Å². The van der Waals surface area contributed by atoms with Gasteiger partial charge in [0.2, 0.25) is 0 Å². The molecule has 0 amide bonds. The lowest BCUT2D eigenvalue weighted by Gasteiger charge is -2.47. The molecule has 0 aliphatic heterocycles. The molecule has 4 unspecified atom stereocenters. The van der Waals surface area contributed by atoms with Crippen LogP contribution in [-0.4, -0.2) is 11.2 Å². The van der Waals surface area contributed by atoms with Crippen molar-refractivity contribution in [1.29, 1.82) is 0 Å². The van der Waals surface area contributed by atoms with E-state index in [-0.39, 0.29) is 11.5 Å². The fourth-order valence-electron chi connectivity index (χ4n) is 4.17. The second-order valence-corrected chi connectivity index (χ2v) is 5.63. The molecule has 1 spiro atoms. The zero-order chi connectivity index (χ0) is 11.1. The maximum absolute atomic E-state index is 10.3. The van der Waals surface area contributed by atoms with Gasteiger partial charge in [-0.15, -0.1) is 0 Å². The molecule has 1 N–H and O–H groups in total. The van der Waals surface area contributed by atoms with Crippen molar-refractivity contribution >= 4 is 0 Å². The Balaban J connectivity index is 2.35. The molecule has 0 aromatic rings. The summed E-state index contributed by atoms with van der Waals surface area (Å²) in [7, 11) is 0. The Labute approximate surface area is 93.6 Å². The Hall–Kier alpha value is -0.300. The Morgan fingerprint density at radius 1 is 1.53 bits per heavy atom. The first-order chi connectivity index (χ1) is 7.11. The van der Waals surface area contributed by atoms with Gasteiger partial charge in [-0.2, -0.15) is 0 Å². The topological polar surface area (TPSA) is 20.2 Å². The van der Waals surface area contributed by atoms with Gasteiger partial charge in [-0.1, -0.05) is 38.3 Å². The van der Waals surface area contributed by atoms with Crippen molar-refractivity contribution in [2.75, 3.05) is 0 Å². The second-order valence-electron chi connectivity index (χ2n) is 5.63. The monoisotopic (exact) mass is 208 g/mol. The first kappa shape index (κ1) is 11.2. The average Bonchev–Trinajstić information content (AvgIpc) is 2.56. The molecule has 0 aromatic heterocycles. The molecule has 4 atom stereocenters. The normalized spacial score (nSPS) is 45.9. The van der Waals surface area contributed by atoms with E-state index < -0.39 is 0 Å². The van der Waals surface area contributed by atoms with Crippen LogP contribution in [0.5, 0.6) is 0 Å². The highest BCUT2D eigenvalue weighted by Gasteiger charge is 2.51. The highest BCUT2D eigenvalue weighted by Crippen LogP contribution is 2.55. The Morgan fingerprint density at radius 3 is 2.80 bits per heavy atom. The van der Waals surface area contributed by atoms with Gasteiger partial charge >= 0.3 is 0 Å². The molecule has 86 valence electrons. The third-order valence-corrected chi connectivity index (χ3v) is 4.91. The summed E-state index contributed by atoms with van der Waals surface area (Å²) in [5.74, 6) is 1.27. The van der Waals surface area contributed by atoms with Crippen LogP contribution in [0.3, 0.4) is 0 Å². The fourth-order valence-corrected chi connectivity index (χ4v) is 4.17. The molecule has 0 saturated heterocycles. The molecule has 2 rings (SSSR count). The minimum atomic E-state index is -0.0539. The summed E-state index contributed by atoms with van der Waals surface area (Å²) < 4.78 is 0. The minimum Gasteiger partial charge on any atom is -0.393 e. The van der Waals surface area contributed by atoms with E-state index in [1.807, 2.05) is 0 Å². The van der Waals surface area contributed by atoms with Gasteiger partial charge in [0.05, 0.1) is 6.10 Å². The lowest BCUT2D eigenvalue weighted by Crippen LogP contribution is -2.44. The molecule has 1 heteroatoms. The third kappa shape index (κ3) is 1.56. The van der Waals surface area contributed by atoms with Crippen LogP contribution in [0.2, 0.25) is 0 Å². The molecule has 0 radical (unpaired) electrons. The van der Waals surface area contributed by atoms with Crippen LogP contribution < -0.4 is 0 Å². The van der Waals surface area contributed by atoms with Crippen LogP contribution in [0.15, 0.2) is 11.6 Å². The Kier molecular flexibility index (Phi) is 2.94. The molecule has 15 heavy (non-hydrogen) atoms. The van der Waals surface area contributed by atoms with Crippen molar-refractivity contribution in [2.24, 2.45) is 17.3 Å². The number of hydrogen-bond donors (Lipinski definition) is 1. The van der Waals surface area contributed by atoms with Crippen LogP contribution >= 0.6 is 0 Å². The quantitative estimate of drug-likeness (QED) is 0.654. The van der Waals surface area contributed by atoms with Crippen LogP contribution in [0, 0.1) is 17.3 Å². The van der Waals surface area contributed by atoms with E-state index in [9.17, 15) is 5.11 Å². The molecule has 1 fully saturated rings. The Morgan fingerprint density at radius 2 is 2.27 bits per heavy atom. The van der Waals surface area contributed by atoms with Gasteiger partial charge in [-0.25, -0.2) is 0 Å². The van der Waals surface area contributed by atoms with Gasteiger partial charge in [0.15, 0.2) is 0 Å². The maximum Gasteiger partial charge on any atom is 0.0604 e. The fraction of sp³-hybridized carbons (Fsp3) is 0.857. The van der Waals surface area contributed by atoms with E-state index in [4.69, 9.17) is 0 Å². The zero-order valence-corrected chi connectivity index (χ0v) is 10.3. The molecule has 2 aliphatic carbocycles. The van der Waals surface area contributed by atoms with E-state index in [0.29, 0.717) is 11.8 Å². The third-order valence-electron chi connectivity index (χ3n) is 4.91. The van der Waals surface area contributed by atoms with Crippen molar-refractivity contribution in [1.82, 2.24) is 0 Å². The standard InChI is InChI=1S/C14H24O/c1-4-12-9-10(2)8-11(3)14(12)7-5-6-13(14)15/h8,11-13,15H,4-7,9H2,1-3H3. The number of aliphatic hydroxyl groups is 1. The lowest BCUT2D eigenvalue weighted by atomic mass is 9.59. The SMILES string of the molecule is CCC1CC(C)=CC(C)C12CCCC2O. The molecule has 1 nitrogen and oxygen atoms in total. The van der Waals surface area contributed by atoms with Crippen LogP contribution in [0.25, 0.3) is 0 Å². The van der Waals surface area contributed by atoms with Crippen molar-refractivity contribution in [2.45, 2.75) is 59.0 Å². The highest BCUT2D eigenvalue weighted by molar-refractivity contribution is 5.16. The summed E-state index contributed by atoms with van der Waals surface area (Å²) in [4.78, 5) is 0. The van der Waals surface area contributed by atoms with E-state index in [1.54, 1.807) is 0 Å². The zero-order valence-electron chi connectivity index (χ0n) is 10.3. The molecule has 1 saturated carbocycles. The van der Waals surface area contributed by atoms with Crippen molar-refractivity contribution in [3.8, 4) is 0 Å². The summed E-state index contributed by atoms with van der Waals surface area (Å²) in [6, 6.07) is 0. The summed E-state index contributed by atoms with van der Waals surface area (Å²) in [6.07, 6.45) is 8.24. The number of aliphatic hydroxyl groups excluding tert-OH is 1. The van der Waals surface area contributed by atoms with Gasteiger partial charge < -0.3 is 5.11 Å². The summed E-state index contributed by atoms with van der Waals surface area (Å²) in [5.41, 5.74) is 1.74. The van der Waals surface area contributed by atoms with E-state index in [2.05, 4.69) is 26.8 Å². The highest BCUT2D eigenvalue weighted by atomic mass is 16.3. The van der Waals surface area contributed by atoms with Gasteiger partial charge in [0.25, 0.3) is 0 Å². The molecule has 2 aliphatic rings. The van der Waals surface area contributed by atoms with Crippen molar-refractivity contribution in [3.05, 3.63) is 11.6 Å². The maximum atomic E-state index is 10.3. The largest absolute Gasteiger partial charge is 0.393 e. The van der Waals surface area contributed by atoms with Gasteiger partial charge in [-0.05, 0) is 38.0 Å². The first-order valence-corrected chi connectivity index (χ1v) is 6.46. The van der Waals surface area contributed by atoms with E-state index in [1.165, 1.54) is 31.3 Å². The number of rotatable bonds is 1. The van der Waals surface area contributed by atoms with E-state index in [0.717, 1.165) is 6.42 Å². The van der Waals surface area contributed by atoms with Crippen LogP contribution in [-0.2, 0) is 0 Å². The molecular weight excluding hydrogens is 184 g/mol. The average molecular weight is 208 g/mol. The Bertz CT molecular complexity index is 269. The first-order valence-electron chi connectivity index (χ1n) is 6.46. The lowest BCUT2D eigenvalue weighted by molar-refractivity contribution is -0.0306. The van der Waals surface area contributed by atoms with Gasteiger partial charge in [0.1, 0.15) is 0 Å². The van der Waals surface area contributed by atoms with Crippen molar-refractivity contribution < 1.29 is 5.11 Å². The summed E-state index contributed by atoms with van der Waals surface area (Å²) in [5, 5.41) is 10.3. The number of hydrogen-bond acceptors (Lipinski definition) is 1. The summed E-state index contributed by atoms with van der Waals surface area (Å²) >= 11 is 0. The smallest absolute Gasteiger partial charge is 0.0604 e. The summed E-state index contributed by atoms with van der Waals surface area (Å²) in [6.45, 7) is 6.83. The second kappa shape index (κ2) is 3.93. The van der Waals surface area contributed by atoms with E-state index >= 15 is 0 Å². The van der Waals surface area contributed by atoms with Gasteiger partial charge in [0, 0.05) is 5.41 Å². The van der Waals surface area contributed by atoms with Crippen LogP contribution in [0.4, 0.5) is 0 Å². The predicted molar refractivity (Wildman–Crippen MR) is 63.6 cm³/mol. The molecular formula is C14H24O. The molecule has 0 aromatic carbocycles. The molecule has 0 heterocycles. The van der Waals surface area contributed by atoms with Crippen LogP contribution in [0.1, 0.15) is 52.9 Å².